The van der Waals surface area contributed by atoms with Gasteiger partial charge in [0.1, 0.15) is 5.60 Å². The van der Waals surface area contributed by atoms with E-state index in [1.807, 2.05) is 0 Å². The van der Waals surface area contributed by atoms with E-state index in [2.05, 4.69) is 25.7 Å². The van der Waals surface area contributed by atoms with Crippen LogP contribution in [-0.2, 0) is 0 Å². The van der Waals surface area contributed by atoms with E-state index in [9.17, 15) is 5.11 Å². The highest BCUT2D eigenvalue weighted by atomic mass is 16.3. The van der Waals surface area contributed by atoms with E-state index in [0.29, 0.717) is 5.92 Å². The highest BCUT2D eigenvalue weighted by Gasteiger charge is 2.34. The first-order chi connectivity index (χ1) is 5.57. The molecular formula is C11H18O. The first-order valence-electron chi connectivity index (χ1n) is 4.74. The zero-order valence-electron chi connectivity index (χ0n) is 8.22. The number of hydrogen-bond donors (Lipinski definition) is 1. The molecule has 1 rings (SSSR count). The van der Waals surface area contributed by atoms with Crippen molar-refractivity contribution in [3.63, 3.8) is 0 Å². The molecule has 1 saturated carbocycles. The lowest BCUT2D eigenvalue weighted by molar-refractivity contribution is 0.0213. The van der Waals surface area contributed by atoms with E-state index in [0.717, 1.165) is 25.2 Å². The highest BCUT2D eigenvalue weighted by molar-refractivity contribution is 5.14. The van der Waals surface area contributed by atoms with Crippen molar-refractivity contribution >= 4 is 0 Å². The van der Waals surface area contributed by atoms with Gasteiger partial charge in [0.15, 0.2) is 0 Å². The van der Waals surface area contributed by atoms with E-state index in [1.165, 1.54) is 0 Å². The molecule has 0 aromatic heterocycles. The first-order valence-corrected chi connectivity index (χ1v) is 4.74. The third kappa shape index (κ3) is 2.01. The number of rotatable bonds is 0. The van der Waals surface area contributed by atoms with Crippen molar-refractivity contribution in [1.29, 1.82) is 0 Å². The van der Waals surface area contributed by atoms with E-state index < -0.39 is 5.60 Å². The van der Waals surface area contributed by atoms with Crippen molar-refractivity contribution in [2.75, 3.05) is 0 Å². The Hall–Kier alpha value is -0.480. The summed E-state index contributed by atoms with van der Waals surface area (Å²) in [6.07, 6.45) is 2.79. The molecule has 0 bridgehead atoms. The maximum atomic E-state index is 9.99. The van der Waals surface area contributed by atoms with Gasteiger partial charge >= 0.3 is 0 Å². The lowest BCUT2D eigenvalue weighted by Crippen LogP contribution is -2.36. The highest BCUT2D eigenvalue weighted by Crippen LogP contribution is 2.35. The van der Waals surface area contributed by atoms with Gasteiger partial charge in [0.05, 0.1) is 0 Å². The molecule has 1 heteroatoms. The van der Waals surface area contributed by atoms with Crippen LogP contribution in [0.2, 0.25) is 0 Å². The summed E-state index contributed by atoms with van der Waals surface area (Å²) in [5.41, 5.74) is -0.680. The van der Waals surface area contributed by atoms with Crippen LogP contribution in [0, 0.1) is 23.7 Å². The molecule has 0 heterocycles. The molecule has 1 fully saturated rings. The van der Waals surface area contributed by atoms with E-state index in [-0.39, 0.29) is 0 Å². The average molecular weight is 166 g/mol. The number of aliphatic hydroxyl groups is 1. The third-order valence-corrected chi connectivity index (χ3v) is 3.00. The van der Waals surface area contributed by atoms with Crippen LogP contribution in [0.4, 0.5) is 0 Å². The zero-order valence-corrected chi connectivity index (χ0v) is 8.22. The molecule has 12 heavy (non-hydrogen) atoms. The second kappa shape index (κ2) is 3.49. The van der Waals surface area contributed by atoms with Crippen molar-refractivity contribution in [3.8, 4) is 11.8 Å². The summed E-state index contributed by atoms with van der Waals surface area (Å²) in [4.78, 5) is 0. The molecule has 0 saturated heterocycles. The lowest BCUT2D eigenvalue weighted by atomic mass is 9.73. The van der Waals surface area contributed by atoms with E-state index in [4.69, 9.17) is 0 Å². The molecule has 1 aliphatic carbocycles. The van der Waals surface area contributed by atoms with Crippen LogP contribution in [0.25, 0.3) is 0 Å². The van der Waals surface area contributed by atoms with Crippen LogP contribution >= 0.6 is 0 Å². The van der Waals surface area contributed by atoms with Gasteiger partial charge in [-0.1, -0.05) is 19.8 Å². The summed E-state index contributed by atoms with van der Waals surface area (Å²) in [6.45, 7) is 6.25. The van der Waals surface area contributed by atoms with Crippen LogP contribution in [0.1, 0.15) is 40.0 Å². The summed E-state index contributed by atoms with van der Waals surface area (Å²) >= 11 is 0. The van der Waals surface area contributed by atoms with Gasteiger partial charge in [0.2, 0.25) is 0 Å². The summed E-state index contributed by atoms with van der Waals surface area (Å²) in [6, 6.07) is 0. The summed E-state index contributed by atoms with van der Waals surface area (Å²) in [5.74, 6) is 7.07. The van der Waals surface area contributed by atoms with Crippen molar-refractivity contribution < 1.29 is 5.11 Å². The molecule has 0 aromatic rings. The minimum Gasteiger partial charge on any atom is -0.378 e. The van der Waals surface area contributed by atoms with Gasteiger partial charge in [0.25, 0.3) is 0 Å². The number of hydrogen-bond acceptors (Lipinski definition) is 1. The Balaban J connectivity index is 2.64. The molecule has 0 aliphatic heterocycles. The topological polar surface area (TPSA) is 20.2 Å². The fraction of sp³-hybridized carbons (Fsp3) is 0.818. The fourth-order valence-corrected chi connectivity index (χ4v) is 1.93. The SMILES string of the molecule is CC#CC1(O)CCC(C)C(C)C1. The van der Waals surface area contributed by atoms with Crippen molar-refractivity contribution in [3.05, 3.63) is 0 Å². The van der Waals surface area contributed by atoms with Crippen LogP contribution in [0.15, 0.2) is 0 Å². The summed E-state index contributed by atoms with van der Waals surface area (Å²) in [7, 11) is 0. The normalized spacial score (nSPS) is 41.7. The minimum absolute atomic E-state index is 0.601. The monoisotopic (exact) mass is 166 g/mol. The minimum atomic E-state index is -0.680. The summed E-state index contributed by atoms with van der Waals surface area (Å²) in [5, 5.41) is 9.99. The Kier molecular flexibility index (Phi) is 2.80. The molecule has 1 nitrogen and oxygen atoms in total. The third-order valence-electron chi connectivity index (χ3n) is 3.00. The maximum absolute atomic E-state index is 9.99. The second-order valence-electron chi connectivity index (χ2n) is 4.10. The zero-order chi connectivity index (χ0) is 9.19. The quantitative estimate of drug-likeness (QED) is 0.547. The Morgan fingerprint density at radius 1 is 1.33 bits per heavy atom. The predicted octanol–water partition coefficient (Wildman–Crippen LogP) is 2.20. The Morgan fingerprint density at radius 3 is 2.50 bits per heavy atom. The van der Waals surface area contributed by atoms with Gasteiger partial charge < -0.3 is 5.11 Å². The van der Waals surface area contributed by atoms with Gasteiger partial charge in [-0.25, -0.2) is 0 Å². The van der Waals surface area contributed by atoms with E-state index in [1.54, 1.807) is 6.92 Å². The molecule has 0 radical (unpaired) electrons. The van der Waals surface area contributed by atoms with Crippen molar-refractivity contribution in [2.45, 2.75) is 45.6 Å². The molecule has 3 unspecified atom stereocenters. The van der Waals surface area contributed by atoms with Gasteiger partial charge in [-0.2, -0.15) is 0 Å². The fourth-order valence-electron chi connectivity index (χ4n) is 1.93. The molecule has 1 aliphatic rings. The molecule has 0 amide bonds. The van der Waals surface area contributed by atoms with Crippen LogP contribution in [-0.4, -0.2) is 10.7 Å². The first kappa shape index (κ1) is 9.61. The van der Waals surface area contributed by atoms with Gasteiger partial charge in [-0.15, -0.1) is 5.92 Å². The standard InChI is InChI=1S/C11H18O/c1-4-6-11(12)7-5-9(2)10(3)8-11/h9-10,12H,5,7-8H2,1-3H3. The Morgan fingerprint density at radius 2 is 2.00 bits per heavy atom. The largest absolute Gasteiger partial charge is 0.378 e. The summed E-state index contributed by atoms with van der Waals surface area (Å²) < 4.78 is 0. The molecule has 0 aromatic carbocycles. The molecule has 3 atom stereocenters. The van der Waals surface area contributed by atoms with Crippen LogP contribution in [0.5, 0.6) is 0 Å². The lowest BCUT2D eigenvalue weighted by Gasteiger charge is -2.35. The molecule has 1 N–H and O–H groups in total. The van der Waals surface area contributed by atoms with Gasteiger partial charge in [-0.3, -0.25) is 0 Å². The van der Waals surface area contributed by atoms with Gasteiger partial charge in [-0.05, 0) is 38.0 Å². The van der Waals surface area contributed by atoms with Crippen molar-refractivity contribution in [2.24, 2.45) is 11.8 Å². The maximum Gasteiger partial charge on any atom is 0.125 e. The van der Waals surface area contributed by atoms with Crippen molar-refractivity contribution in [1.82, 2.24) is 0 Å². The van der Waals surface area contributed by atoms with Gasteiger partial charge in [0, 0.05) is 0 Å². The predicted molar refractivity (Wildman–Crippen MR) is 50.6 cm³/mol. The Labute approximate surface area is 75.2 Å². The second-order valence-corrected chi connectivity index (χ2v) is 4.10. The van der Waals surface area contributed by atoms with Crippen LogP contribution in [0.3, 0.4) is 0 Å². The van der Waals surface area contributed by atoms with Crippen LogP contribution < -0.4 is 0 Å². The molecule has 68 valence electrons. The average Bonchev–Trinajstić information content (AvgIpc) is 1.98. The Bertz CT molecular complexity index is 211. The van der Waals surface area contributed by atoms with E-state index >= 15 is 0 Å². The smallest absolute Gasteiger partial charge is 0.125 e. The molecule has 0 spiro atoms. The molecular weight excluding hydrogens is 148 g/mol.